The maximum Gasteiger partial charge on any atom is 0.390 e. The maximum atomic E-state index is 10.4. The Kier molecular flexibility index (Phi) is 6.65. The van der Waals surface area contributed by atoms with Crippen LogP contribution in [0.2, 0.25) is 0 Å². The van der Waals surface area contributed by atoms with Crippen molar-refractivity contribution in [2.75, 3.05) is 0 Å². The van der Waals surface area contributed by atoms with Gasteiger partial charge in [-0.2, -0.15) is 0 Å². The molecule has 0 aliphatic heterocycles. The molecule has 0 unspecified atom stereocenters. The largest absolute Gasteiger partial charge is 0.390 e. The van der Waals surface area contributed by atoms with Crippen LogP contribution in [0.4, 0.5) is 0 Å². The molecule has 5 nitrogen and oxygen atoms in total. The SMILES string of the molecule is CC(=O)OC(=O)C(=O)C(C)=O.[Ti]. The van der Waals surface area contributed by atoms with Crippen LogP contribution >= 0.6 is 0 Å². The van der Waals surface area contributed by atoms with Gasteiger partial charge in [-0.1, -0.05) is 0 Å². The van der Waals surface area contributed by atoms with Crippen LogP contribution in [0, 0.1) is 0 Å². The summed E-state index contributed by atoms with van der Waals surface area (Å²) in [4.78, 5) is 41.1. The molecule has 0 spiro atoms. The Balaban J connectivity index is 0. The molecule has 0 aliphatic rings. The van der Waals surface area contributed by atoms with Crippen molar-refractivity contribution in [1.82, 2.24) is 0 Å². The molecular formula is C6H6O5Ti. The van der Waals surface area contributed by atoms with E-state index in [1.165, 1.54) is 0 Å². The molecule has 0 heterocycles. The molecule has 0 aromatic carbocycles. The van der Waals surface area contributed by atoms with E-state index in [1.54, 1.807) is 0 Å². The number of rotatable bonds is 2. The fourth-order valence-corrected chi connectivity index (χ4v) is 0.321. The van der Waals surface area contributed by atoms with Crippen LogP contribution in [0.5, 0.6) is 0 Å². The Morgan fingerprint density at radius 3 is 1.67 bits per heavy atom. The van der Waals surface area contributed by atoms with Crippen molar-refractivity contribution in [2.24, 2.45) is 0 Å². The molecule has 0 saturated carbocycles. The van der Waals surface area contributed by atoms with Crippen LogP contribution in [0.1, 0.15) is 13.8 Å². The fourth-order valence-electron chi connectivity index (χ4n) is 0.321. The number of carbonyl (C=O) groups excluding carboxylic acids is 4. The van der Waals surface area contributed by atoms with Gasteiger partial charge < -0.3 is 4.74 Å². The van der Waals surface area contributed by atoms with Gasteiger partial charge in [-0.05, 0) is 0 Å². The summed E-state index contributed by atoms with van der Waals surface area (Å²) in [7, 11) is 0. The molecule has 6 heteroatoms. The fraction of sp³-hybridized carbons (Fsp3) is 0.333. The summed E-state index contributed by atoms with van der Waals surface area (Å²) in [6.45, 7) is 1.88. The number of carbonyl (C=O) groups is 4. The molecule has 0 N–H and O–H groups in total. The molecular weight excluding hydrogens is 200 g/mol. The first-order valence-corrected chi connectivity index (χ1v) is 2.72. The molecule has 0 aliphatic carbocycles. The number of ketones is 2. The summed E-state index contributed by atoms with van der Waals surface area (Å²) >= 11 is 0. The summed E-state index contributed by atoms with van der Waals surface area (Å²) in [5.74, 6) is -4.61. The third-order valence-electron chi connectivity index (χ3n) is 0.742. The second-order valence-electron chi connectivity index (χ2n) is 1.77. The van der Waals surface area contributed by atoms with Crippen LogP contribution in [-0.2, 0) is 45.6 Å². The van der Waals surface area contributed by atoms with Crippen LogP contribution in [0.15, 0.2) is 0 Å². The zero-order valence-corrected chi connectivity index (χ0v) is 8.10. The van der Waals surface area contributed by atoms with Gasteiger partial charge >= 0.3 is 17.7 Å². The predicted octanol–water partition coefficient (Wildman–Crippen LogP) is -0.768. The van der Waals surface area contributed by atoms with Crippen molar-refractivity contribution in [1.29, 1.82) is 0 Å². The average molecular weight is 206 g/mol. The van der Waals surface area contributed by atoms with Crippen LogP contribution < -0.4 is 0 Å². The summed E-state index contributed by atoms with van der Waals surface area (Å²) in [5.41, 5.74) is 0. The monoisotopic (exact) mass is 206 g/mol. The van der Waals surface area contributed by atoms with Crippen LogP contribution in [0.25, 0.3) is 0 Å². The second-order valence-corrected chi connectivity index (χ2v) is 1.77. The van der Waals surface area contributed by atoms with E-state index in [0.29, 0.717) is 0 Å². The molecule has 0 atom stereocenters. The molecule has 64 valence electrons. The van der Waals surface area contributed by atoms with E-state index in [0.717, 1.165) is 13.8 Å². The van der Waals surface area contributed by atoms with E-state index >= 15 is 0 Å². The summed E-state index contributed by atoms with van der Waals surface area (Å²) < 4.78 is 3.83. The van der Waals surface area contributed by atoms with Crippen molar-refractivity contribution in [3.8, 4) is 0 Å². The van der Waals surface area contributed by atoms with Gasteiger partial charge in [0.2, 0.25) is 5.78 Å². The van der Waals surface area contributed by atoms with Gasteiger partial charge in [-0.3, -0.25) is 14.4 Å². The standard InChI is InChI=1S/C6H6O5.Ti/c1-3(7)5(9)6(10)11-4(2)8;/h1-2H3;. The van der Waals surface area contributed by atoms with E-state index in [9.17, 15) is 19.2 Å². The first kappa shape index (κ1) is 13.8. The molecule has 0 rings (SSSR count). The zero-order chi connectivity index (χ0) is 9.02. The van der Waals surface area contributed by atoms with Gasteiger partial charge in [0.1, 0.15) is 0 Å². The van der Waals surface area contributed by atoms with Crippen molar-refractivity contribution >= 4 is 23.5 Å². The van der Waals surface area contributed by atoms with E-state index in [-0.39, 0.29) is 21.7 Å². The Hall–Kier alpha value is -0.806. The maximum absolute atomic E-state index is 10.4. The Bertz CT molecular complexity index is 232. The Morgan fingerprint density at radius 1 is 1.00 bits per heavy atom. The first-order valence-electron chi connectivity index (χ1n) is 2.72. The third-order valence-corrected chi connectivity index (χ3v) is 0.742. The van der Waals surface area contributed by atoms with Gasteiger partial charge in [0.05, 0.1) is 0 Å². The smallest absolute Gasteiger partial charge is 0.387 e. The molecule has 12 heavy (non-hydrogen) atoms. The van der Waals surface area contributed by atoms with E-state index in [1.807, 2.05) is 0 Å². The minimum Gasteiger partial charge on any atom is -0.387 e. The summed E-state index contributed by atoms with van der Waals surface area (Å²) in [6.07, 6.45) is 0. The van der Waals surface area contributed by atoms with Crippen molar-refractivity contribution in [2.45, 2.75) is 13.8 Å². The number of hydrogen-bond acceptors (Lipinski definition) is 5. The van der Waals surface area contributed by atoms with E-state index < -0.39 is 23.5 Å². The quantitative estimate of drug-likeness (QED) is 0.256. The number of ether oxygens (including phenoxy) is 1. The third kappa shape index (κ3) is 4.93. The van der Waals surface area contributed by atoms with Crippen LogP contribution in [0.3, 0.4) is 0 Å². The van der Waals surface area contributed by atoms with Gasteiger partial charge in [0.25, 0.3) is 0 Å². The van der Waals surface area contributed by atoms with Crippen molar-refractivity contribution < 1.29 is 45.6 Å². The Labute approximate surface area is 83.3 Å². The molecule has 0 aromatic heterocycles. The molecule has 0 aromatic rings. The van der Waals surface area contributed by atoms with Crippen molar-refractivity contribution in [3.05, 3.63) is 0 Å². The molecule has 0 radical (unpaired) electrons. The minimum absolute atomic E-state index is 0. The molecule has 0 fully saturated rings. The Morgan fingerprint density at radius 2 is 1.42 bits per heavy atom. The molecule has 0 saturated heterocycles. The van der Waals surface area contributed by atoms with Gasteiger partial charge in [-0.25, -0.2) is 4.79 Å². The van der Waals surface area contributed by atoms with Crippen molar-refractivity contribution in [3.63, 3.8) is 0 Å². The second kappa shape index (κ2) is 5.80. The molecule has 0 amide bonds. The summed E-state index contributed by atoms with van der Waals surface area (Å²) in [5, 5.41) is 0. The first-order chi connectivity index (χ1) is 4.95. The van der Waals surface area contributed by atoms with Crippen LogP contribution in [-0.4, -0.2) is 23.5 Å². The molecule has 0 bridgehead atoms. The predicted molar refractivity (Wildman–Crippen MR) is 32.5 cm³/mol. The number of hydrogen-bond donors (Lipinski definition) is 0. The normalized spacial score (nSPS) is 7.83. The topological polar surface area (TPSA) is 77.5 Å². The van der Waals surface area contributed by atoms with E-state index in [4.69, 9.17) is 0 Å². The average Bonchev–Trinajstić information content (AvgIpc) is 1.84. The van der Waals surface area contributed by atoms with E-state index in [2.05, 4.69) is 4.74 Å². The summed E-state index contributed by atoms with van der Waals surface area (Å²) in [6, 6.07) is 0. The van der Waals surface area contributed by atoms with Gasteiger partial charge in [0, 0.05) is 35.6 Å². The number of esters is 2. The number of Topliss-reactive ketones (excluding diaryl/α,β-unsaturated/α-hetero) is 2. The van der Waals surface area contributed by atoms with Gasteiger partial charge in [0.15, 0.2) is 0 Å². The van der Waals surface area contributed by atoms with Gasteiger partial charge in [-0.15, -0.1) is 0 Å². The minimum atomic E-state index is -1.43. The zero-order valence-electron chi connectivity index (χ0n) is 6.54.